The number of nitrogens with zero attached hydrogens (tertiary/aromatic N) is 1. The molecule has 0 saturated heterocycles. The second-order valence-electron chi connectivity index (χ2n) is 5.17. The van der Waals surface area contributed by atoms with Crippen LogP contribution in [0, 0.1) is 13.8 Å². The van der Waals surface area contributed by atoms with Gasteiger partial charge < -0.3 is 10.2 Å². The number of rotatable bonds is 3. The van der Waals surface area contributed by atoms with Crippen molar-refractivity contribution in [1.29, 1.82) is 0 Å². The van der Waals surface area contributed by atoms with Gasteiger partial charge in [0, 0.05) is 15.3 Å². The number of benzene rings is 1. The van der Waals surface area contributed by atoms with Crippen molar-refractivity contribution in [3.8, 4) is 0 Å². The average Bonchev–Trinajstić information content (AvgIpc) is 2.77. The van der Waals surface area contributed by atoms with E-state index < -0.39 is 0 Å². The SMILES string of the molecule is Cc1cc(C(=O)CN2CC(=O)Nc3ccccc32)c(C)s1. The minimum absolute atomic E-state index is 0.0568. The Morgan fingerprint density at radius 3 is 2.81 bits per heavy atom. The summed E-state index contributed by atoms with van der Waals surface area (Å²) in [7, 11) is 0. The molecule has 108 valence electrons. The Balaban J connectivity index is 1.87. The van der Waals surface area contributed by atoms with Crippen molar-refractivity contribution in [1.82, 2.24) is 0 Å². The number of carbonyl (C=O) groups excluding carboxylic acids is 2. The Morgan fingerprint density at radius 1 is 1.33 bits per heavy atom. The Morgan fingerprint density at radius 2 is 2.10 bits per heavy atom. The molecule has 0 spiro atoms. The van der Waals surface area contributed by atoms with Gasteiger partial charge in [-0.1, -0.05) is 12.1 Å². The van der Waals surface area contributed by atoms with Gasteiger partial charge in [0.05, 0.1) is 24.5 Å². The van der Waals surface area contributed by atoms with Gasteiger partial charge in [0.15, 0.2) is 5.78 Å². The fourth-order valence-corrected chi connectivity index (χ4v) is 3.55. The van der Waals surface area contributed by atoms with E-state index in [1.807, 2.05) is 49.1 Å². The number of nitrogens with one attached hydrogen (secondary N) is 1. The number of thiophene rings is 1. The average molecular weight is 300 g/mol. The van der Waals surface area contributed by atoms with Crippen molar-refractivity contribution in [2.45, 2.75) is 13.8 Å². The van der Waals surface area contributed by atoms with Crippen molar-refractivity contribution < 1.29 is 9.59 Å². The van der Waals surface area contributed by atoms with E-state index in [-0.39, 0.29) is 24.8 Å². The maximum absolute atomic E-state index is 12.5. The molecule has 0 atom stereocenters. The molecule has 0 fully saturated rings. The van der Waals surface area contributed by atoms with E-state index in [0.29, 0.717) is 0 Å². The van der Waals surface area contributed by atoms with E-state index in [1.165, 1.54) is 0 Å². The Kier molecular flexibility index (Phi) is 3.51. The van der Waals surface area contributed by atoms with Crippen LogP contribution in [-0.4, -0.2) is 24.8 Å². The molecule has 1 aromatic heterocycles. The molecule has 4 nitrogen and oxygen atoms in total. The van der Waals surface area contributed by atoms with E-state index in [1.54, 1.807) is 11.3 Å². The molecule has 2 heterocycles. The lowest BCUT2D eigenvalue weighted by molar-refractivity contribution is -0.115. The highest BCUT2D eigenvalue weighted by molar-refractivity contribution is 7.12. The third kappa shape index (κ3) is 2.69. The molecule has 1 aliphatic heterocycles. The molecule has 5 heteroatoms. The summed E-state index contributed by atoms with van der Waals surface area (Å²) < 4.78 is 0. The van der Waals surface area contributed by atoms with E-state index in [2.05, 4.69) is 5.32 Å². The molecule has 0 unspecified atom stereocenters. The van der Waals surface area contributed by atoms with Crippen LogP contribution in [-0.2, 0) is 4.79 Å². The Hall–Kier alpha value is -2.14. The summed E-state index contributed by atoms with van der Waals surface area (Å²) in [5.41, 5.74) is 2.43. The molecule has 0 bridgehead atoms. The van der Waals surface area contributed by atoms with Gasteiger partial charge in [-0.15, -0.1) is 11.3 Å². The van der Waals surface area contributed by atoms with Gasteiger partial charge in [-0.25, -0.2) is 0 Å². The van der Waals surface area contributed by atoms with Gasteiger partial charge in [0.2, 0.25) is 5.91 Å². The van der Waals surface area contributed by atoms with Crippen LogP contribution in [0.4, 0.5) is 11.4 Å². The number of carbonyl (C=O) groups is 2. The molecule has 3 rings (SSSR count). The predicted octanol–water partition coefficient (Wildman–Crippen LogP) is 3.01. The number of aryl methyl sites for hydroxylation is 2. The third-order valence-electron chi connectivity index (χ3n) is 3.53. The molecule has 0 saturated carbocycles. The van der Waals surface area contributed by atoms with Crippen LogP contribution < -0.4 is 10.2 Å². The van der Waals surface area contributed by atoms with E-state index >= 15 is 0 Å². The predicted molar refractivity (Wildman–Crippen MR) is 85.4 cm³/mol. The van der Waals surface area contributed by atoms with Crippen LogP contribution in [0.1, 0.15) is 20.1 Å². The number of hydrogen-bond donors (Lipinski definition) is 1. The first kappa shape index (κ1) is 13.8. The fraction of sp³-hybridized carbons (Fsp3) is 0.250. The van der Waals surface area contributed by atoms with Gasteiger partial charge in [0.25, 0.3) is 0 Å². The van der Waals surface area contributed by atoms with Gasteiger partial charge in [-0.3, -0.25) is 9.59 Å². The van der Waals surface area contributed by atoms with Crippen LogP contribution >= 0.6 is 11.3 Å². The van der Waals surface area contributed by atoms with Gasteiger partial charge >= 0.3 is 0 Å². The standard InChI is InChI=1S/C16H16N2O2S/c1-10-7-12(11(2)21-10)15(19)8-18-9-16(20)17-13-5-3-4-6-14(13)18/h3-7H,8-9H2,1-2H3,(H,17,20). The molecule has 1 N–H and O–H groups in total. The molecule has 21 heavy (non-hydrogen) atoms. The Bertz CT molecular complexity index is 721. The van der Waals surface area contributed by atoms with Crippen molar-refractivity contribution in [3.63, 3.8) is 0 Å². The number of fused-ring (bicyclic) bond motifs is 1. The van der Waals surface area contributed by atoms with Gasteiger partial charge in [-0.2, -0.15) is 0 Å². The summed E-state index contributed by atoms with van der Waals surface area (Å²) in [6.45, 7) is 4.40. The molecule has 1 amide bonds. The Labute approximate surface area is 127 Å². The fourth-order valence-electron chi connectivity index (χ4n) is 2.61. The summed E-state index contributed by atoms with van der Waals surface area (Å²) in [5, 5.41) is 2.83. The minimum Gasteiger partial charge on any atom is -0.353 e. The maximum atomic E-state index is 12.5. The molecule has 1 aromatic carbocycles. The minimum atomic E-state index is -0.0836. The number of ketones is 1. The second kappa shape index (κ2) is 5.33. The molecule has 0 aliphatic carbocycles. The highest BCUT2D eigenvalue weighted by Gasteiger charge is 2.24. The summed E-state index contributed by atoms with van der Waals surface area (Å²) in [6, 6.07) is 9.49. The lowest BCUT2D eigenvalue weighted by atomic mass is 10.1. The van der Waals surface area contributed by atoms with Crippen LogP contribution in [0.25, 0.3) is 0 Å². The summed E-state index contributed by atoms with van der Waals surface area (Å²) in [4.78, 5) is 28.3. The van der Waals surface area contributed by atoms with Crippen LogP contribution in [0.3, 0.4) is 0 Å². The topological polar surface area (TPSA) is 49.4 Å². The first-order chi connectivity index (χ1) is 10.0. The lowest BCUT2D eigenvalue weighted by Gasteiger charge is -2.30. The number of anilines is 2. The first-order valence-corrected chi connectivity index (χ1v) is 7.60. The molecular formula is C16H16N2O2S. The van der Waals surface area contributed by atoms with E-state index in [4.69, 9.17) is 0 Å². The highest BCUT2D eigenvalue weighted by Crippen LogP contribution is 2.29. The van der Waals surface area contributed by atoms with Crippen molar-refractivity contribution in [3.05, 3.63) is 45.6 Å². The number of amides is 1. The lowest BCUT2D eigenvalue weighted by Crippen LogP contribution is -2.41. The largest absolute Gasteiger partial charge is 0.353 e. The molecule has 2 aromatic rings. The number of hydrogen-bond acceptors (Lipinski definition) is 4. The highest BCUT2D eigenvalue weighted by atomic mass is 32.1. The maximum Gasteiger partial charge on any atom is 0.243 e. The van der Waals surface area contributed by atoms with Gasteiger partial charge in [-0.05, 0) is 32.0 Å². The summed E-state index contributed by atoms with van der Waals surface area (Å²) >= 11 is 1.63. The normalized spacial score (nSPS) is 13.8. The second-order valence-corrected chi connectivity index (χ2v) is 6.63. The summed E-state index contributed by atoms with van der Waals surface area (Å²) in [6.07, 6.45) is 0. The van der Waals surface area contributed by atoms with Crippen LogP contribution in [0.2, 0.25) is 0 Å². The zero-order chi connectivity index (χ0) is 15.0. The van der Waals surface area contributed by atoms with Crippen molar-refractivity contribution in [2.75, 3.05) is 23.3 Å². The smallest absolute Gasteiger partial charge is 0.243 e. The van der Waals surface area contributed by atoms with E-state index in [9.17, 15) is 9.59 Å². The number of Topliss-reactive ketones (excluding diaryl/α,β-unsaturated/α-hetero) is 1. The van der Waals surface area contributed by atoms with Gasteiger partial charge in [0.1, 0.15) is 0 Å². The zero-order valence-electron chi connectivity index (χ0n) is 12.0. The summed E-state index contributed by atoms with van der Waals surface area (Å²) in [5.74, 6) is -0.0268. The van der Waals surface area contributed by atoms with E-state index in [0.717, 1.165) is 26.7 Å². The molecule has 0 radical (unpaired) electrons. The number of para-hydroxylation sites is 2. The molecular weight excluding hydrogens is 284 g/mol. The quantitative estimate of drug-likeness (QED) is 0.887. The third-order valence-corrected chi connectivity index (χ3v) is 4.50. The van der Waals surface area contributed by atoms with Crippen LogP contribution in [0.5, 0.6) is 0 Å². The monoisotopic (exact) mass is 300 g/mol. The first-order valence-electron chi connectivity index (χ1n) is 6.78. The van der Waals surface area contributed by atoms with Crippen molar-refractivity contribution >= 4 is 34.4 Å². The van der Waals surface area contributed by atoms with Crippen molar-refractivity contribution in [2.24, 2.45) is 0 Å². The zero-order valence-corrected chi connectivity index (χ0v) is 12.8. The molecule has 1 aliphatic rings. The van der Waals surface area contributed by atoms with Crippen LogP contribution in [0.15, 0.2) is 30.3 Å².